The zero-order valence-corrected chi connectivity index (χ0v) is 10.6. The van der Waals surface area contributed by atoms with Crippen molar-refractivity contribution in [2.75, 3.05) is 13.7 Å². The lowest BCUT2D eigenvalue weighted by molar-refractivity contribution is 0.303. The van der Waals surface area contributed by atoms with E-state index in [2.05, 4.69) is 15.5 Å². The molecule has 1 aromatic heterocycles. The van der Waals surface area contributed by atoms with E-state index in [1.807, 2.05) is 38.2 Å². The second kappa shape index (κ2) is 6.16. The van der Waals surface area contributed by atoms with Gasteiger partial charge in [0.2, 0.25) is 11.8 Å². The highest BCUT2D eigenvalue weighted by atomic mass is 16.5. The van der Waals surface area contributed by atoms with Crippen molar-refractivity contribution >= 4 is 0 Å². The maximum Gasteiger partial charge on any atom is 0.230 e. The number of hydrogen-bond donors (Lipinski definition) is 1. The molecule has 0 saturated heterocycles. The van der Waals surface area contributed by atoms with Gasteiger partial charge in [-0.05, 0) is 31.7 Å². The molecule has 0 aliphatic heterocycles. The molecule has 2 aromatic rings. The van der Waals surface area contributed by atoms with Crippen molar-refractivity contribution in [1.82, 2.24) is 15.5 Å². The van der Waals surface area contributed by atoms with Crippen LogP contribution in [-0.2, 0) is 13.0 Å². The third-order valence-electron chi connectivity index (χ3n) is 2.41. The minimum Gasteiger partial charge on any atom is -0.493 e. The average molecular weight is 247 g/mol. The molecule has 5 nitrogen and oxygen atoms in total. The Balaban J connectivity index is 1.81. The van der Waals surface area contributed by atoms with Crippen molar-refractivity contribution in [3.63, 3.8) is 0 Å². The van der Waals surface area contributed by atoms with Crippen molar-refractivity contribution in [2.45, 2.75) is 19.9 Å². The maximum atomic E-state index is 5.62. The Morgan fingerprint density at radius 3 is 2.89 bits per heavy atom. The van der Waals surface area contributed by atoms with Crippen molar-refractivity contribution in [2.24, 2.45) is 0 Å². The summed E-state index contributed by atoms with van der Waals surface area (Å²) in [5.74, 6) is 2.07. The van der Waals surface area contributed by atoms with E-state index in [0.717, 1.165) is 5.75 Å². The van der Waals surface area contributed by atoms with Crippen LogP contribution in [0.25, 0.3) is 0 Å². The quantitative estimate of drug-likeness (QED) is 0.842. The molecular weight excluding hydrogens is 230 g/mol. The number of hydrogen-bond acceptors (Lipinski definition) is 5. The summed E-state index contributed by atoms with van der Waals surface area (Å²) in [6, 6.07) is 7.95. The van der Waals surface area contributed by atoms with E-state index in [0.29, 0.717) is 31.4 Å². The summed E-state index contributed by atoms with van der Waals surface area (Å²) < 4.78 is 11.0. The topological polar surface area (TPSA) is 60.2 Å². The van der Waals surface area contributed by atoms with E-state index in [9.17, 15) is 0 Å². The lowest BCUT2D eigenvalue weighted by Gasteiger charge is -2.04. The molecule has 0 aliphatic rings. The van der Waals surface area contributed by atoms with Crippen LogP contribution >= 0.6 is 0 Å². The Morgan fingerprint density at radius 1 is 1.28 bits per heavy atom. The van der Waals surface area contributed by atoms with Gasteiger partial charge in [0.05, 0.1) is 19.6 Å². The molecule has 1 N–H and O–H groups in total. The first-order valence-corrected chi connectivity index (χ1v) is 5.93. The van der Waals surface area contributed by atoms with Crippen LogP contribution in [0.15, 0.2) is 28.7 Å². The second-order valence-electron chi connectivity index (χ2n) is 4.03. The first-order valence-electron chi connectivity index (χ1n) is 5.93. The minimum absolute atomic E-state index is 0.532. The standard InChI is InChI=1S/C13H17N3O2/c1-10-4-3-5-11(8-10)17-7-6-12-15-16-13(18-12)9-14-2/h3-5,8,14H,6-7,9H2,1-2H3. The number of aromatic nitrogens is 2. The number of ether oxygens (including phenoxy) is 1. The van der Waals surface area contributed by atoms with Gasteiger partial charge in [-0.25, -0.2) is 0 Å². The molecule has 0 saturated carbocycles. The van der Waals surface area contributed by atoms with E-state index in [1.165, 1.54) is 5.56 Å². The van der Waals surface area contributed by atoms with Gasteiger partial charge >= 0.3 is 0 Å². The van der Waals surface area contributed by atoms with Crippen molar-refractivity contribution in [3.8, 4) is 5.75 Å². The van der Waals surface area contributed by atoms with Crippen molar-refractivity contribution in [3.05, 3.63) is 41.6 Å². The fourth-order valence-corrected chi connectivity index (χ4v) is 1.57. The van der Waals surface area contributed by atoms with Crippen molar-refractivity contribution in [1.29, 1.82) is 0 Å². The summed E-state index contributed by atoms with van der Waals surface area (Å²) >= 11 is 0. The molecule has 2 rings (SSSR count). The van der Waals surface area contributed by atoms with Crippen LogP contribution in [0, 0.1) is 6.92 Å². The molecule has 1 aromatic carbocycles. The summed E-state index contributed by atoms with van der Waals surface area (Å²) in [5, 5.41) is 10.8. The number of nitrogens with one attached hydrogen (secondary N) is 1. The monoisotopic (exact) mass is 247 g/mol. The molecule has 0 atom stereocenters. The van der Waals surface area contributed by atoms with E-state index in [-0.39, 0.29) is 0 Å². The Bertz CT molecular complexity index is 496. The van der Waals surface area contributed by atoms with Gasteiger partial charge in [-0.15, -0.1) is 10.2 Å². The molecule has 18 heavy (non-hydrogen) atoms. The summed E-state index contributed by atoms with van der Waals surface area (Å²) in [6.45, 7) is 3.16. The molecule has 0 aliphatic carbocycles. The van der Waals surface area contributed by atoms with Gasteiger partial charge < -0.3 is 14.5 Å². The molecule has 0 fully saturated rings. The van der Waals surface area contributed by atoms with Gasteiger partial charge in [-0.2, -0.15) is 0 Å². The minimum atomic E-state index is 0.532. The molecular formula is C13H17N3O2. The van der Waals surface area contributed by atoms with Gasteiger partial charge in [-0.3, -0.25) is 0 Å². The van der Waals surface area contributed by atoms with Gasteiger partial charge in [0, 0.05) is 0 Å². The highest BCUT2D eigenvalue weighted by Crippen LogP contribution is 2.12. The van der Waals surface area contributed by atoms with Gasteiger partial charge in [0.15, 0.2) is 0 Å². The zero-order valence-electron chi connectivity index (χ0n) is 10.6. The van der Waals surface area contributed by atoms with Crippen LogP contribution < -0.4 is 10.1 Å². The molecule has 0 amide bonds. The summed E-state index contributed by atoms with van der Waals surface area (Å²) in [4.78, 5) is 0. The Kier molecular flexibility index (Phi) is 4.30. The first kappa shape index (κ1) is 12.6. The highest BCUT2D eigenvalue weighted by molar-refractivity contribution is 5.27. The van der Waals surface area contributed by atoms with Crippen LogP contribution in [0.5, 0.6) is 5.75 Å². The Labute approximate surface area is 106 Å². The zero-order chi connectivity index (χ0) is 12.8. The number of nitrogens with zero attached hydrogens (tertiary/aromatic N) is 2. The van der Waals surface area contributed by atoms with Crippen LogP contribution in [0.2, 0.25) is 0 Å². The lowest BCUT2D eigenvalue weighted by Crippen LogP contribution is -2.04. The predicted octanol–water partition coefficient (Wildman–Crippen LogP) is 1.72. The fraction of sp³-hybridized carbons (Fsp3) is 0.385. The van der Waals surface area contributed by atoms with Gasteiger partial charge in [-0.1, -0.05) is 12.1 Å². The highest BCUT2D eigenvalue weighted by Gasteiger charge is 2.05. The molecule has 0 radical (unpaired) electrons. The number of benzene rings is 1. The normalized spacial score (nSPS) is 10.6. The van der Waals surface area contributed by atoms with E-state index in [4.69, 9.17) is 9.15 Å². The molecule has 5 heteroatoms. The van der Waals surface area contributed by atoms with E-state index >= 15 is 0 Å². The van der Waals surface area contributed by atoms with E-state index < -0.39 is 0 Å². The summed E-state index contributed by atoms with van der Waals surface area (Å²) in [7, 11) is 1.84. The van der Waals surface area contributed by atoms with Crippen molar-refractivity contribution < 1.29 is 9.15 Å². The van der Waals surface area contributed by atoms with Crippen LogP contribution in [0.1, 0.15) is 17.3 Å². The molecule has 1 heterocycles. The van der Waals surface area contributed by atoms with Gasteiger partial charge in [0.25, 0.3) is 0 Å². The first-order chi connectivity index (χ1) is 8.78. The summed E-state index contributed by atoms with van der Waals surface area (Å²) in [6.07, 6.45) is 0.616. The number of rotatable bonds is 6. The smallest absolute Gasteiger partial charge is 0.230 e. The predicted molar refractivity (Wildman–Crippen MR) is 67.4 cm³/mol. The fourth-order valence-electron chi connectivity index (χ4n) is 1.57. The van der Waals surface area contributed by atoms with Crippen LogP contribution in [-0.4, -0.2) is 23.9 Å². The van der Waals surface area contributed by atoms with E-state index in [1.54, 1.807) is 0 Å². The Hall–Kier alpha value is -1.88. The second-order valence-corrected chi connectivity index (χ2v) is 4.03. The van der Waals surface area contributed by atoms with Crippen LogP contribution in [0.4, 0.5) is 0 Å². The van der Waals surface area contributed by atoms with Gasteiger partial charge in [0.1, 0.15) is 5.75 Å². The third kappa shape index (κ3) is 3.56. The molecule has 0 spiro atoms. The largest absolute Gasteiger partial charge is 0.493 e. The SMILES string of the molecule is CNCc1nnc(CCOc2cccc(C)c2)o1. The molecule has 0 bridgehead atoms. The average Bonchev–Trinajstić information content (AvgIpc) is 2.78. The molecule has 96 valence electrons. The maximum absolute atomic E-state index is 5.62. The number of aryl methyl sites for hydroxylation is 1. The lowest BCUT2D eigenvalue weighted by atomic mass is 10.2. The third-order valence-corrected chi connectivity index (χ3v) is 2.41. The van der Waals surface area contributed by atoms with Crippen LogP contribution in [0.3, 0.4) is 0 Å². The summed E-state index contributed by atoms with van der Waals surface area (Å²) in [5.41, 5.74) is 1.18. The Morgan fingerprint density at radius 2 is 2.11 bits per heavy atom. The molecule has 0 unspecified atom stereocenters.